The van der Waals surface area contributed by atoms with E-state index in [-0.39, 0.29) is 10.8 Å². The molecule has 0 fully saturated rings. The van der Waals surface area contributed by atoms with Gasteiger partial charge in [0.1, 0.15) is 0 Å². The second-order valence-corrected chi connectivity index (χ2v) is 9.30. The van der Waals surface area contributed by atoms with Crippen LogP contribution >= 0.6 is 0 Å². The van der Waals surface area contributed by atoms with E-state index in [1.54, 1.807) is 57.5 Å². The molecule has 2 N–H and O–H groups in total. The Hall–Kier alpha value is -3.52. The number of ether oxygens (including phenoxy) is 2. The number of hydrogen-bond donors (Lipinski definition) is 2. The minimum absolute atomic E-state index is 0.236. The molecule has 0 bridgehead atoms. The number of sulfonamides is 1. The number of amides is 1. The van der Waals surface area contributed by atoms with Crippen LogP contribution in [0.15, 0.2) is 65.6 Å². The van der Waals surface area contributed by atoms with Crippen LogP contribution in [-0.2, 0) is 16.4 Å². The normalized spacial score (nSPS) is 11.0. The average Bonchev–Trinajstić information content (AvgIpc) is 2.80. The monoisotopic (exact) mass is 468 g/mol. The SMILES string of the molecule is COc1ccc(CCNC(=O)c2ccc(NS(=O)(=O)c3cc(C)ccc3C)cc2)cc1OC. The van der Waals surface area contributed by atoms with Crippen molar-refractivity contribution in [2.45, 2.75) is 25.2 Å². The summed E-state index contributed by atoms with van der Waals surface area (Å²) >= 11 is 0. The molecule has 3 rings (SSSR count). The van der Waals surface area contributed by atoms with E-state index in [0.29, 0.717) is 41.3 Å². The van der Waals surface area contributed by atoms with Crippen molar-refractivity contribution in [2.24, 2.45) is 0 Å². The molecular formula is C25H28N2O5S. The number of hydrogen-bond acceptors (Lipinski definition) is 5. The Balaban J connectivity index is 1.59. The molecule has 0 atom stereocenters. The lowest BCUT2D eigenvalue weighted by Crippen LogP contribution is -2.25. The van der Waals surface area contributed by atoms with Crippen LogP contribution in [0.5, 0.6) is 11.5 Å². The second kappa shape index (κ2) is 10.4. The summed E-state index contributed by atoms with van der Waals surface area (Å²) in [6.45, 7) is 4.04. The first kappa shape index (κ1) is 24.1. The molecule has 0 heterocycles. The van der Waals surface area contributed by atoms with E-state index in [2.05, 4.69) is 10.0 Å². The van der Waals surface area contributed by atoms with Gasteiger partial charge in [0, 0.05) is 17.8 Å². The lowest BCUT2D eigenvalue weighted by Gasteiger charge is -2.12. The summed E-state index contributed by atoms with van der Waals surface area (Å²) in [7, 11) is -0.565. The highest BCUT2D eigenvalue weighted by Crippen LogP contribution is 2.27. The smallest absolute Gasteiger partial charge is 0.262 e. The van der Waals surface area contributed by atoms with Crippen LogP contribution in [-0.4, -0.2) is 35.1 Å². The van der Waals surface area contributed by atoms with Crippen LogP contribution in [0, 0.1) is 13.8 Å². The van der Waals surface area contributed by atoms with Gasteiger partial charge in [0.2, 0.25) is 0 Å². The fraction of sp³-hybridized carbons (Fsp3) is 0.240. The Morgan fingerprint density at radius 2 is 1.58 bits per heavy atom. The molecule has 0 saturated heterocycles. The standard InChI is InChI=1S/C25H28N2O5S/c1-17-5-6-18(2)24(15-17)33(29,30)27-21-10-8-20(9-11-21)25(28)26-14-13-19-7-12-22(31-3)23(16-19)32-4/h5-12,15-16,27H,13-14H2,1-4H3,(H,26,28). The number of carbonyl (C=O) groups excluding carboxylic acids is 1. The van der Waals surface area contributed by atoms with Crippen LogP contribution in [0.3, 0.4) is 0 Å². The molecule has 0 unspecified atom stereocenters. The first-order valence-corrected chi connectivity index (χ1v) is 11.9. The zero-order valence-electron chi connectivity index (χ0n) is 19.1. The third-order valence-electron chi connectivity index (χ3n) is 5.18. The van der Waals surface area contributed by atoms with Crippen molar-refractivity contribution in [3.8, 4) is 11.5 Å². The first-order chi connectivity index (χ1) is 15.7. The summed E-state index contributed by atoms with van der Waals surface area (Å²) < 4.78 is 38.6. The van der Waals surface area contributed by atoms with Crippen molar-refractivity contribution in [1.29, 1.82) is 0 Å². The van der Waals surface area contributed by atoms with Gasteiger partial charge >= 0.3 is 0 Å². The van der Waals surface area contributed by atoms with E-state index in [1.807, 2.05) is 31.2 Å². The van der Waals surface area contributed by atoms with E-state index in [4.69, 9.17) is 9.47 Å². The van der Waals surface area contributed by atoms with E-state index in [1.165, 1.54) is 0 Å². The molecule has 0 aliphatic carbocycles. The summed E-state index contributed by atoms with van der Waals surface area (Å²) in [6, 6.07) is 17.2. The van der Waals surface area contributed by atoms with Crippen molar-refractivity contribution in [2.75, 3.05) is 25.5 Å². The Morgan fingerprint density at radius 1 is 0.879 bits per heavy atom. The number of benzene rings is 3. The van der Waals surface area contributed by atoms with Crippen molar-refractivity contribution in [3.63, 3.8) is 0 Å². The van der Waals surface area contributed by atoms with Gasteiger partial charge in [0.05, 0.1) is 19.1 Å². The largest absolute Gasteiger partial charge is 0.493 e. The van der Waals surface area contributed by atoms with Crippen LogP contribution < -0.4 is 19.5 Å². The van der Waals surface area contributed by atoms with Crippen molar-refractivity contribution in [1.82, 2.24) is 5.32 Å². The molecule has 174 valence electrons. The molecule has 7 nitrogen and oxygen atoms in total. The molecule has 0 radical (unpaired) electrons. The Bertz CT molecular complexity index is 1240. The zero-order valence-corrected chi connectivity index (χ0v) is 20.0. The Labute approximate surface area is 194 Å². The van der Waals surface area contributed by atoms with Crippen LogP contribution in [0.25, 0.3) is 0 Å². The van der Waals surface area contributed by atoms with Crippen LogP contribution in [0.2, 0.25) is 0 Å². The van der Waals surface area contributed by atoms with E-state index < -0.39 is 10.0 Å². The lowest BCUT2D eigenvalue weighted by atomic mass is 10.1. The summed E-state index contributed by atoms with van der Waals surface area (Å²) in [4.78, 5) is 12.7. The van der Waals surface area contributed by atoms with Crippen LogP contribution in [0.4, 0.5) is 5.69 Å². The van der Waals surface area contributed by atoms with Gasteiger partial charge in [-0.3, -0.25) is 9.52 Å². The molecule has 0 spiro atoms. The maximum Gasteiger partial charge on any atom is 0.262 e. The predicted octanol–water partition coefficient (Wildman–Crippen LogP) is 4.09. The summed E-state index contributed by atoms with van der Waals surface area (Å²) in [5, 5.41) is 2.87. The first-order valence-electron chi connectivity index (χ1n) is 10.4. The minimum atomic E-state index is -3.73. The van der Waals surface area contributed by atoms with Gasteiger partial charge in [0.25, 0.3) is 15.9 Å². The predicted molar refractivity (Wildman–Crippen MR) is 129 cm³/mol. The Kier molecular flexibility index (Phi) is 7.60. The van der Waals surface area contributed by atoms with E-state index >= 15 is 0 Å². The number of aryl methyl sites for hydroxylation is 2. The lowest BCUT2D eigenvalue weighted by molar-refractivity contribution is 0.0954. The molecule has 1 amide bonds. The maximum atomic E-state index is 12.7. The molecule has 0 aliphatic heterocycles. The van der Waals surface area contributed by atoms with Gasteiger partial charge in [-0.05, 0) is 79.4 Å². The van der Waals surface area contributed by atoms with Gasteiger partial charge in [-0.25, -0.2) is 8.42 Å². The fourth-order valence-electron chi connectivity index (χ4n) is 3.36. The maximum absolute atomic E-state index is 12.7. The van der Waals surface area contributed by atoms with Crippen molar-refractivity contribution in [3.05, 3.63) is 82.9 Å². The van der Waals surface area contributed by atoms with Gasteiger partial charge in [-0.2, -0.15) is 0 Å². The number of anilines is 1. The molecule has 3 aromatic carbocycles. The van der Waals surface area contributed by atoms with Crippen molar-refractivity contribution < 1.29 is 22.7 Å². The highest BCUT2D eigenvalue weighted by atomic mass is 32.2. The number of carbonyl (C=O) groups is 1. The summed E-state index contributed by atoms with van der Waals surface area (Å²) in [5.41, 5.74) is 3.36. The zero-order chi connectivity index (χ0) is 24.0. The molecule has 33 heavy (non-hydrogen) atoms. The second-order valence-electron chi connectivity index (χ2n) is 7.65. The van der Waals surface area contributed by atoms with Gasteiger partial charge in [-0.15, -0.1) is 0 Å². The highest BCUT2D eigenvalue weighted by molar-refractivity contribution is 7.92. The average molecular weight is 469 g/mol. The van der Waals surface area contributed by atoms with E-state index in [9.17, 15) is 13.2 Å². The van der Waals surface area contributed by atoms with Gasteiger partial charge < -0.3 is 14.8 Å². The molecular weight excluding hydrogens is 440 g/mol. The molecule has 8 heteroatoms. The number of methoxy groups -OCH3 is 2. The third kappa shape index (κ3) is 6.04. The van der Waals surface area contributed by atoms with E-state index in [0.717, 1.165) is 11.1 Å². The summed E-state index contributed by atoms with van der Waals surface area (Å²) in [6.07, 6.45) is 0.625. The highest BCUT2D eigenvalue weighted by Gasteiger charge is 2.17. The number of nitrogens with one attached hydrogen (secondary N) is 2. The van der Waals surface area contributed by atoms with Crippen LogP contribution in [0.1, 0.15) is 27.0 Å². The molecule has 0 saturated carbocycles. The van der Waals surface area contributed by atoms with Crippen molar-refractivity contribution >= 4 is 21.6 Å². The topological polar surface area (TPSA) is 93.7 Å². The minimum Gasteiger partial charge on any atom is -0.493 e. The summed E-state index contributed by atoms with van der Waals surface area (Å²) in [5.74, 6) is 1.05. The molecule has 0 aromatic heterocycles. The van der Waals surface area contributed by atoms with Gasteiger partial charge in [0.15, 0.2) is 11.5 Å². The quantitative estimate of drug-likeness (QED) is 0.493. The Morgan fingerprint density at radius 3 is 2.24 bits per heavy atom. The molecule has 0 aliphatic rings. The molecule has 3 aromatic rings. The third-order valence-corrected chi connectivity index (χ3v) is 6.70. The number of rotatable bonds is 9. The van der Waals surface area contributed by atoms with Gasteiger partial charge in [-0.1, -0.05) is 18.2 Å². The fourth-order valence-corrected chi connectivity index (χ4v) is 4.74.